The predicted octanol–water partition coefficient (Wildman–Crippen LogP) is 4.94. The predicted molar refractivity (Wildman–Crippen MR) is 107 cm³/mol. The minimum atomic E-state index is 0.629. The van der Waals surface area contributed by atoms with E-state index in [2.05, 4.69) is 21.2 Å². The maximum Gasteiger partial charge on any atom is 0.144 e. The minimum Gasteiger partial charge on any atom is -0.496 e. The van der Waals surface area contributed by atoms with Crippen LogP contribution in [0, 0.1) is 0 Å². The lowest BCUT2D eigenvalue weighted by Crippen LogP contribution is -2.06. The number of nitrogens with one attached hydrogen (secondary N) is 1. The number of hydrogen-bond acceptors (Lipinski definition) is 4. The summed E-state index contributed by atoms with van der Waals surface area (Å²) in [6, 6.07) is 11.4. The molecule has 1 N–H and O–H groups in total. The molecule has 1 aliphatic rings. The van der Waals surface area contributed by atoms with Crippen LogP contribution in [0.4, 0.5) is 5.82 Å². The maximum atomic E-state index is 6.22. The summed E-state index contributed by atoms with van der Waals surface area (Å²) in [7, 11) is 3.31. The third-order valence-corrected chi connectivity index (χ3v) is 5.17. The first-order chi connectivity index (χ1) is 12.6. The zero-order valence-corrected chi connectivity index (χ0v) is 16.7. The van der Waals surface area contributed by atoms with Crippen molar-refractivity contribution in [3.8, 4) is 28.4 Å². The molecule has 2 heterocycles. The summed E-state index contributed by atoms with van der Waals surface area (Å²) >= 11 is 9.77. The first-order valence-electron chi connectivity index (χ1n) is 8.16. The van der Waals surface area contributed by atoms with Crippen LogP contribution in [0.2, 0.25) is 5.02 Å². The van der Waals surface area contributed by atoms with Gasteiger partial charge in [0.1, 0.15) is 28.7 Å². The molecule has 0 bridgehead atoms. The number of benzene rings is 2. The highest BCUT2D eigenvalue weighted by Gasteiger charge is 2.27. The van der Waals surface area contributed by atoms with Crippen molar-refractivity contribution in [2.24, 2.45) is 0 Å². The first kappa shape index (κ1) is 17.2. The normalized spacial score (nSPS) is 12.6. The molecule has 0 aliphatic carbocycles. The van der Waals surface area contributed by atoms with Gasteiger partial charge in [0.15, 0.2) is 0 Å². The van der Waals surface area contributed by atoms with Crippen molar-refractivity contribution in [1.29, 1.82) is 0 Å². The van der Waals surface area contributed by atoms with Crippen LogP contribution >= 0.6 is 27.5 Å². The largest absolute Gasteiger partial charge is 0.496 e. The molecule has 134 valence electrons. The molecule has 0 saturated carbocycles. The van der Waals surface area contributed by atoms with E-state index in [1.807, 2.05) is 35.0 Å². The number of hydrogen-bond donors (Lipinski definition) is 1. The topological polar surface area (TPSA) is 48.3 Å². The van der Waals surface area contributed by atoms with Crippen molar-refractivity contribution < 1.29 is 9.47 Å². The summed E-state index contributed by atoms with van der Waals surface area (Å²) < 4.78 is 13.9. The number of methoxy groups -OCH3 is 2. The van der Waals surface area contributed by atoms with Crippen molar-refractivity contribution in [1.82, 2.24) is 9.78 Å². The van der Waals surface area contributed by atoms with Gasteiger partial charge >= 0.3 is 0 Å². The lowest BCUT2D eigenvalue weighted by Gasteiger charge is -2.12. The van der Waals surface area contributed by atoms with Crippen LogP contribution < -0.4 is 14.8 Å². The molecular weight excluding hydrogens is 418 g/mol. The van der Waals surface area contributed by atoms with E-state index in [0.717, 1.165) is 51.5 Å². The highest BCUT2D eigenvalue weighted by molar-refractivity contribution is 9.10. The Hall–Kier alpha value is -2.18. The van der Waals surface area contributed by atoms with Crippen LogP contribution in [0.5, 0.6) is 11.5 Å². The molecule has 7 heteroatoms. The van der Waals surface area contributed by atoms with Crippen molar-refractivity contribution >= 4 is 33.3 Å². The molecule has 2 aromatic carbocycles. The Bertz CT molecular complexity index is 911. The van der Waals surface area contributed by atoms with Crippen molar-refractivity contribution in [2.45, 2.75) is 6.42 Å². The van der Waals surface area contributed by atoms with E-state index in [4.69, 9.17) is 26.2 Å². The Morgan fingerprint density at radius 3 is 2.65 bits per heavy atom. The molecule has 4 rings (SSSR count). The van der Waals surface area contributed by atoms with Gasteiger partial charge in [-0.2, -0.15) is 5.10 Å². The molecule has 0 radical (unpaired) electrons. The number of rotatable bonds is 4. The van der Waals surface area contributed by atoms with Gasteiger partial charge in [-0.15, -0.1) is 0 Å². The van der Waals surface area contributed by atoms with Gasteiger partial charge in [0.25, 0.3) is 0 Å². The Balaban J connectivity index is 1.96. The average molecular weight is 435 g/mol. The van der Waals surface area contributed by atoms with Gasteiger partial charge in [-0.05, 0) is 42.8 Å². The third kappa shape index (κ3) is 2.83. The minimum absolute atomic E-state index is 0.629. The van der Waals surface area contributed by atoms with Crippen LogP contribution in [0.1, 0.15) is 5.56 Å². The fraction of sp³-hybridized carbons (Fsp3) is 0.211. The number of aromatic nitrogens is 2. The van der Waals surface area contributed by atoms with Gasteiger partial charge in [-0.1, -0.05) is 27.5 Å². The Labute approximate surface area is 165 Å². The van der Waals surface area contributed by atoms with Crippen molar-refractivity contribution in [2.75, 3.05) is 26.1 Å². The molecule has 1 aliphatic heterocycles. The van der Waals surface area contributed by atoms with Gasteiger partial charge in [0, 0.05) is 27.2 Å². The lowest BCUT2D eigenvalue weighted by molar-refractivity contribution is 0.412. The highest BCUT2D eigenvalue weighted by Crippen LogP contribution is 2.41. The second-order valence-corrected chi connectivity index (χ2v) is 7.28. The second-order valence-electron chi connectivity index (χ2n) is 5.93. The summed E-state index contributed by atoms with van der Waals surface area (Å²) in [5.41, 5.74) is 3.79. The molecule has 0 saturated heterocycles. The zero-order chi connectivity index (χ0) is 18.3. The number of anilines is 1. The molecule has 0 atom stereocenters. The lowest BCUT2D eigenvalue weighted by atomic mass is 10.1. The average Bonchev–Trinajstić information content (AvgIpc) is 3.24. The molecule has 0 amide bonds. The number of halogens is 2. The number of fused-ring (bicyclic) bond motifs is 1. The molecular formula is C19H17BrClN3O2. The zero-order valence-electron chi connectivity index (χ0n) is 14.3. The van der Waals surface area contributed by atoms with E-state index in [1.165, 1.54) is 0 Å². The Kier molecular flexibility index (Phi) is 4.54. The van der Waals surface area contributed by atoms with E-state index in [1.54, 1.807) is 20.3 Å². The summed E-state index contributed by atoms with van der Waals surface area (Å²) in [6.45, 7) is 0.861. The first-order valence-corrected chi connectivity index (χ1v) is 9.33. The monoisotopic (exact) mass is 433 g/mol. The molecule has 0 fully saturated rings. The molecule has 1 aromatic heterocycles. The van der Waals surface area contributed by atoms with E-state index < -0.39 is 0 Å². The van der Waals surface area contributed by atoms with E-state index in [0.29, 0.717) is 10.8 Å². The molecule has 26 heavy (non-hydrogen) atoms. The second kappa shape index (κ2) is 6.85. The summed E-state index contributed by atoms with van der Waals surface area (Å²) in [5, 5.41) is 8.95. The van der Waals surface area contributed by atoms with Crippen LogP contribution in [-0.2, 0) is 6.42 Å². The smallest absolute Gasteiger partial charge is 0.144 e. The standard InChI is InChI=1S/C19H17BrClN3O2/c1-25-16-5-3-11(20)9-14(16)18-13-7-8-22-19(13)24(23-18)15-10-12(21)4-6-17(15)26-2/h3-6,9-10,22H,7-8H2,1-2H3. The SMILES string of the molecule is COc1ccc(Br)cc1-c1nn(-c2cc(Cl)ccc2OC)c2c1CCN2. The molecule has 0 unspecified atom stereocenters. The van der Waals surface area contributed by atoms with Crippen molar-refractivity contribution in [3.05, 3.63) is 51.5 Å². The molecule has 5 nitrogen and oxygen atoms in total. The van der Waals surface area contributed by atoms with Crippen LogP contribution in [0.15, 0.2) is 40.9 Å². The Morgan fingerprint density at radius 1 is 1.12 bits per heavy atom. The fourth-order valence-corrected chi connectivity index (χ4v) is 3.79. The third-order valence-electron chi connectivity index (χ3n) is 4.44. The van der Waals surface area contributed by atoms with E-state index in [9.17, 15) is 0 Å². The number of nitrogens with zero attached hydrogens (tertiary/aromatic N) is 2. The van der Waals surface area contributed by atoms with E-state index >= 15 is 0 Å². The van der Waals surface area contributed by atoms with Gasteiger partial charge in [0.05, 0.1) is 14.2 Å². The van der Waals surface area contributed by atoms with E-state index in [-0.39, 0.29) is 0 Å². The fourth-order valence-electron chi connectivity index (χ4n) is 3.26. The summed E-state index contributed by atoms with van der Waals surface area (Å²) in [4.78, 5) is 0. The quantitative estimate of drug-likeness (QED) is 0.632. The molecule has 3 aromatic rings. The van der Waals surface area contributed by atoms with Gasteiger partial charge in [0.2, 0.25) is 0 Å². The van der Waals surface area contributed by atoms with Crippen LogP contribution in [-0.4, -0.2) is 30.5 Å². The molecule has 0 spiro atoms. The Morgan fingerprint density at radius 2 is 1.88 bits per heavy atom. The summed E-state index contributed by atoms with van der Waals surface area (Å²) in [6.07, 6.45) is 0.892. The van der Waals surface area contributed by atoms with Crippen LogP contribution in [0.25, 0.3) is 16.9 Å². The van der Waals surface area contributed by atoms with Crippen LogP contribution in [0.3, 0.4) is 0 Å². The maximum absolute atomic E-state index is 6.22. The van der Waals surface area contributed by atoms with Gasteiger partial charge < -0.3 is 14.8 Å². The highest BCUT2D eigenvalue weighted by atomic mass is 79.9. The number of ether oxygens (including phenoxy) is 2. The van der Waals surface area contributed by atoms with Crippen molar-refractivity contribution in [3.63, 3.8) is 0 Å². The van der Waals surface area contributed by atoms with Gasteiger partial charge in [-0.25, -0.2) is 4.68 Å². The summed E-state index contributed by atoms with van der Waals surface area (Å²) in [5.74, 6) is 2.45. The van der Waals surface area contributed by atoms with Gasteiger partial charge in [-0.3, -0.25) is 0 Å².